The molecule has 3 nitrogen and oxygen atoms in total. The Kier molecular flexibility index (Phi) is 2.29. The second kappa shape index (κ2) is 2.95. The van der Waals surface area contributed by atoms with Crippen molar-refractivity contribution in [1.29, 1.82) is 0 Å². The van der Waals surface area contributed by atoms with Crippen molar-refractivity contribution in [1.82, 2.24) is 4.98 Å². The van der Waals surface area contributed by atoms with Gasteiger partial charge in [-0.2, -0.15) is 12.8 Å². The largest absolute Gasteiger partial charge is 0.336 e. The SMILES string of the molecule is O=S(=O)(F)c1cc(Cl)cnc1F. The van der Waals surface area contributed by atoms with Gasteiger partial charge in [0.2, 0.25) is 5.95 Å². The molecule has 1 rings (SSSR count). The Morgan fingerprint density at radius 1 is 1.50 bits per heavy atom. The minimum absolute atomic E-state index is 0.146. The zero-order valence-corrected chi connectivity index (χ0v) is 7.03. The number of nitrogens with zero attached hydrogens (tertiary/aromatic N) is 1. The number of aromatic nitrogens is 1. The predicted molar refractivity (Wildman–Crippen MR) is 37.5 cm³/mol. The first-order valence-corrected chi connectivity index (χ1v) is 4.43. The number of hydrogen-bond donors (Lipinski definition) is 0. The first-order chi connectivity index (χ1) is 5.41. The van der Waals surface area contributed by atoms with Gasteiger partial charge in [-0.25, -0.2) is 4.98 Å². The molecule has 0 atom stereocenters. The summed E-state index contributed by atoms with van der Waals surface area (Å²) in [6.07, 6.45) is 0.881. The minimum Gasteiger partial charge on any atom is -0.226 e. The van der Waals surface area contributed by atoms with Gasteiger partial charge in [0.05, 0.1) is 5.02 Å². The maximum absolute atomic E-state index is 12.5. The third kappa shape index (κ3) is 1.89. The van der Waals surface area contributed by atoms with E-state index in [-0.39, 0.29) is 5.02 Å². The summed E-state index contributed by atoms with van der Waals surface area (Å²) in [4.78, 5) is 1.78. The Hall–Kier alpha value is -0.750. The molecule has 0 N–H and O–H groups in total. The van der Waals surface area contributed by atoms with Crippen LogP contribution in [-0.4, -0.2) is 13.4 Å². The van der Waals surface area contributed by atoms with Crippen molar-refractivity contribution in [3.05, 3.63) is 23.2 Å². The van der Waals surface area contributed by atoms with Gasteiger partial charge in [-0.05, 0) is 6.07 Å². The molecule has 0 unspecified atom stereocenters. The van der Waals surface area contributed by atoms with Crippen LogP contribution in [0, 0.1) is 5.95 Å². The van der Waals surface area contributed by atoms with Gasteiger partial charge < -0.3 is 0 Å². The van der Waals surface area contributed by atoms with Gasteiger partial charge in [0.15, 0.2) is 4.90 Å². The van der Waals surface area contributed by atoms with Crippen LogP contribution >= 0.6 is 11.6 Å². The monoisotopic (exact) mass is 213 g/mol. The Balaban J connectivity index is 3.43. The molecule has 0 amide bonds. The molecule has 0 fully saturated rings. The van der Waals surface area contributed by atoms with Gasteiger partial charge in [-0.3, -0.25) is 0 Å². The fourth-order valence-corrected chi connectivity index (χ4v) is 1.32. The molecule has 0 aliphatic rings. The van der Waals surface area contributed by atoms with Gasteiger partial charge in [0.25, 0.3) is 0 Å². The molecular formula is C5H2ClF2NO2S. The lowest BCUT2D eigenvalue weighted by Crippen LogP contribution is -1.98. The van der Waals surface area contributed by atoms with Crippen LogP contribution in [0.15, 0.2) is 17.2 Å². The van der Waals surface area contributed by atoms with Crippen molar-refractivity contribution >= 4 is 21.8 Å². The van der Waals surface area contributed by atoms with Crippen molar-refractivity contribution in [3.8, 4) is 0 Å². The zero-order valence-electron chi connectivity index (χ0n) is 5.46. The van der Waals surface area contributed by atoms with Crippen LogP contribution in [0.1, 0.15) is 0 Å². The molecule has 66 valence electrons. The van der Waals surface area contributed by atoms with E-state index in [0.29, 0.717) is 6.07 Å². The Morgan fingerprint density at radius 3 is 2.50 bits per heavy atom. The Morgan fingerprint density at radius 2 is 2.08 bits per heavy atom. The molecule has 0 saturated heterocycles. The minimum atomic E-state index is -5.08. The van der Waals surface area contributed by atoms with Gasteiger partial charge in [0.1, 0.15) is 0 Å². The van der Waals surface area contributed by atoms with Crippen LogP contribution in [0.5, 0.6) is 0 Å². The highest BCUT2D eigenvalue weighted by atomic mass is 35.5. The number of pyridine rings is 1. The van der Waals surface area contributed by atoms with Gasteiger partial charge in [-0.1, -0.05) is 11.6 Å². The highest BCUT2D eigenvalue weighted by molar-refractivity contribution is 7.86. The summed E-state index contributed by atoms with van der Waals surface area (Å²) in [6.45, 7) is 0. The molecule has 1 aromatic rings. The van der Waals surface area contributed by atoms with E-state index >= 15 is 0 Å². The lowest BCUT2D eigenvalue weighted by molar-refractivity contribution is 0.517. The van der Waals surface area contributed by atoms with Crippen LogP contribution in [0.3, 0.4) is 0 Å². The second-order valence-corrected chi connectivity index (χ2v) is 3.63. The summed E-state index contributed by atoms with van der Waals surface area (Å²) < 4.78 is 45.1. The van der Waals surface area contributed by atoms with Crippen LogP contribution in [-0.2, 0) is 10.2 Å². The lowest BCUT2D eigenvalue weighted by Gasteiger charge is -1.95. The molecule has 0 spiro atoms. The fourth-order valence-electron chi connectivity index (χ4n) is 0.575. The van der Waals surface area contributed by atoms with Crippen LogP contribution in [0.2, 0.25) is 5.02 Å². The lowest BCUT2D eigenvalue weighted by atomic mass is 10.5. The predicted octanol–water partition coefficient (Wildman–Crippen LogP) is 1.53. The quantitative estimate of drug-likeness (QED) is 0.525. The zero-order chi connectivity index (χ0) is 9.35. The molecule has 7 heteroatoms. The van der Waals surface area contributed by atoms with Crippen LogP contribution in [0.4, 0.5) is 8.28 Å². The van der Waals surface area contributed by atoms with Gasteiger partial charge in [-0.15, -0.1) is 3.89 Å². The third-order valence-corrected chi connectivity index (χ3v) is 2.05. The summed E-state index contributed by atoms with van der Waals surface area (Å²) in [6, 6.07) is 0.652. The topological polar surface area (TPSA) is 47.0 Å². The molecule has 0 radical (unpaired) electrons. The maximum Gasteiger partial charge on any atom is 0.336 e. The first-order valence-electron chi connectivity index (χ1n) is 2.67. The average molecular weight is 214 g/mol. The van der Waals surface area contributed by atoms with E-state index in [9.17, 15) is 16.7 Å². The number of rotatable bonds is 1. The summed E-state index contributed by atoms with van der Waals surface area (Å²) in [5.74, 6) is -1.40. The van der Waals surface area contributed by atoms with Gasteiger partial charge >= 0.3 is 10.2 Å². The van der Waals surface area contributed by atoms with Crippen molar-refractivity contribution < 1.29 is 16.7 Å². The smallest absolute Gasteiger partial charge is 0.226 e. The maximum atomic E-state index is 12.5. The first kappa shape index (κ1) is 9.34. The number of halogens is 3. The summed E-state index contributed by atoms with van der Waals surface area (Å²) in [5.41, 5.74) is 0. The highest BCUT2D eigenvalue weighted by Crippen LogP contribution is 2.18. The fraction of sp³-hybridized carbons (Fsp3) is 0. The van der Waals surface area contributed by atoms with Crippen LogP contribution in [0.25, 0.3) is 0 Å². The van der Waals surface area contributed by atoms with E-state index in [0.717, 1.165) is 6.20 Å². The highest BCUT2D eigenvalue weighted by Gasteiger charge is 2.19. The Bertz CT molecular complexity index is 406. The molecule has 1 aromatic heterocycles. The van der Waals surface area contributed by atoms with Crippen molar-refractivity contribution in [2.24, 2.45) is 0 Å². The Labute approximate surface area is 72.2 Å². The third-order valence-electron chi connectivity index (χ3n) is 1.04. The van der Waals surface area contributed by atoms with E-state index in [2.05, 4.69) is 4.98 Å². The van der Waals surface area contributed by atoms with Gasteiger partial charge in [0, 0.05) is 6.20 Å². The van der Waals surface area contributed by atoms with Crippen molar-refractivity contribution in [2.45, 2.75) is 4.90 Å². The molecular weight excluding hydrogens is 212 g/mol. The molecule has 0 aliphatic heterocycles. The normalized spacial score (nSPS) is 11.6. The van der Waals surface area contributed by atoms with Crippen LogP contribution < -0.4 is 0 Å². The van der Waals surface area contributed by atoms with E-state index in [1.54, 1.807) is 0 Å². The molecule has 0 aromatic carbocycles. The molecule has 0 saturated carbocycles. The second-order valence-electron chi connectivity index (χ2n) is 1.88. The van der Waals surface area contributed by atoms with Crippen molar-refractivity contribution in [2.75, 3.05) is 0 Å². The summed E-state index contributed by atoms with van der Waals surface area (Å²) >= 11 is 5.26. The van der Waals surface area contributed by atoms with E-state index < -0.39 is 21.1 Å². The van der Waals surface area contributed by atoms with E-state index in [1.807, 2.05) is 0 Å². The van der Waals surface area contributed by atoms with E-state index in [4.69, 9.17) is 11.6 Å². The molecule has 0 bridgehead atoms. The van der Waals surface area contributed by atoms with E-state index in [1.165, 1.54) is 0 Å². The van der Waals surface area contributed by atoms with Crippen molar-refractivity contribution in [3.63, 3.8) is 0 Å². The summed E-state index contributed by atoms with van der Waals surface area (Å²) in [7, 11) is -5.08. The number of hydrogen-bond acceptors (Lipinski definition) is 3. The molecule has 0 aliphatic carbocycles. The molecule has 12 heavy (non-hydrogen) atoms. The standard InChI is InChI=1S/C5H2ClF2NO2S/c6-3-1-4(12(8,10)11)5(7)9-2-3/h1-2H. The average Bonchev–Trinajstić information content (AvgIpc) is 1.92. The molecule has 1 heterocycles. The summed E-state index contributed by atoms with van der Waals surface area (Å²) in [5, 5.41) is -0.146.